The molecule has 0 aliphatic carbocycles. The molecule has 0 amide bonds. The zero-order valence-corrected chi connectivity index (χ0v) is 8.80. The van der Waals surface area contributed by atoms with Crippen molar-refractivity contribution in [3.63, 3.8) is 0 Å². The van der Waals surface area contributed by atoms with Crippen LogP contribution in [-0.2, 0) is 4.79 Å². The van der Waals surface area contributed by atoms with E-state index in [9.17, 15) is 9.90 Å². The Bertz CT molecular complexity index is 377. The van der Waals surface area contributed by atoms with Crippen LogP contribution in [0.25, 0.3) is 0 Å². The van der Waals surface area contributed by atoms with Gasteiger partial charge in [-0.2, -0.15) is 0 Å². The van der Waals surface area contributed by atoms with Crippen molar-refractivity contribution in [2.75, 3.05) is 0 Å². The van der Waals surface area contributed by atoms with Crippen molar-refractivity contribution in [2.45, 2.75) is 13.0 Å². The normalized spacial score (nSPS) is 12.6. The van der Waals surface area contributed by atoms with Crippen molar-refractivity contribution in [1.29, 1.82) is 0 Å². The van der Waals surface area contributed by atoms with Gasteiger partial charge in [0.05, 0.1) is 10.0 Å². The second kappa shape index (κ2) is 4.17. The predicted octanol–water partition coefficient (Wildman–Crippen LogP) is 2.42. The van der Waals surface area contributed by atoms with Gasteiger partial charge in [0.1, 0.15) is 0 Å². The molecular weight excluding hydrogens is 227 g/mol. The van der Waals surface area contributed by atoms with Crippen LogP contribution < -0.4 is 0 Å². The molecule has 0 aliphatic heterocycles. The van der Waals surface area contributed by atoms with E-state index < -0.39 is 12.1 Å². The molecule has 0 fully saturated rings. The highest BCUT2D eigenvalue weighted by Crippen LogP contribution is 2.32. The number of carboxylic acid groups (broad SMARTS) is 1. The third kappa shape index (κ3) is 2.00. The lowest BCUT2D eigenvalue weighted by Crippen LogP contribution is -2.11. The molecule has 0 bridgehead atoms. The number of aliphatic hydroxyl groups excluding tert-OH is 1. The van der Waals surface area contributed by atoms with Gasteiger partial charge in [0.25, 0.3) is 0 Å². The molecular formula is C9H8Cl2O3. The van der Waals surface area contributed by atoms with Gasteiger partial charge >= 0.3 is 5.97 Å². The molecule has 0 aliphatic rings. The van der Waals surface area contributed by atoms with E-state index in [1.807, 2.05) is 0 Å². The summed E-state index contributed by atoms with van der Waals surface area (Å²) in [6, 6.07) is 3.05. The Morgan fingerprint density at radius 3 is 2.43 bits per heavy atom. The molecule has 76 valence electrons. The summed E-state index contributed by atoms with van der Waals surface area (Å²) in [5.74, 6) is -1.35. The van der Waals surface area contributed by atoms with Crippen molar-refractivity contribution in [3.8, 4) is 0 Å². The maximum absolute atomic E-state index is 10.5. The Hall–Kier alpha value is -0.770. The van der Waals surface area contributed by atoms with E-state index in [0.29, 0.717) is 0 Å². The molecule has 5 heteroatoms. The zero-order chi connectivity index (χ0) is 10.9. The summed E-state index contributed by atoms with van der Waals surface area (Å²) >= 11 is 11.6. The minimum atomic E-state index is -1.64. The van der Waals surface area contributed by atoms with Gasteiger partial charge in [-0.05, 0) is 12.5 Å². The van der Waals surface area contributed by atoms with Gasteiger partial charge in [-0.25, -0.2) is 4.79 Å². The molecule has 3 nitrogen and oxygen atoms in total. The first-order valence-corrected chi connectivity index (χ1v) is 4.56. The Balaban J connectivity index is 3.24. The molecule has 0 heterocycles. The quantitative estimate of drug-likeness (QED) is 0.827. The summed E-state index contributed by atoms with van der Waals surface area (Å²) in [5.41, 5.74) is 0.841. The highest BCUT2D eigenvalue weighted by Gasteiger charge is 2.20. The second-order valence-corrected chi connectivity index (χ2v) is 3.60. The van der Waals surface area contributed by atoms with Crippen LogP contribution in [0.4, 0.5) is 0 Å². The maximum atomic E-state index is 10.5. The van der Waals surface area contributed by atoms with Gasteiger partial charge in [-0.1, -0.05) is 35.3 Å². The first-order chi connectivity index (χ1) is 6.45. The summed E-state index contributed by atoms with van der Waals surface area (Å²) in [5, 5.41) is 18.2. The number of benzene rings is 1. The number of aliphatic hydroxyl groups is 1. The fourth-order valence-corrected chi connectivity index (χ4v) is 1.49. The van der Waals surface area contributed by atoms with Gasteiger partial charge in [0, 0.05) is 5.56 Å². The van der Waals surface area contributed by atoms with Crippen molar-refractivity contribution < 1.29 is 15.0 Å². The van der Waals surface area contributed by atoms with E-state index in [0.717, 1.165) is 5.56 Å². The lowest BCUT2D eigenvalue weighted by Gasteiger charge is -2.10. The van der Waals surface area contributed by atoms with Gasteiger partial charge < -0.3 is 10.2 Å². The van der Waals surface area contributed by atoms with Crippen LogP contribution in [0.3, 0.4) is 0 Å². The van der Waals surface area contributed by atoms with Crippen molar-refractivity contribution >= 4 is 29.2 Å². The molecule has 0 aromatic heterocycles. The van der Waals surface area contributed by atoms with E-state index in [1.165, 1.54) is 6.07 Å². The van der Waals surface area contributed by atoms with E-state index >= 15 is 0 Å². The summed E-state index contributed by atoms with van der Waals surface area (Å²) < 4.78 is 0. The predicted molar refractivity (Wildman–Crippen MR) is 53.8 cm³/mol. The average Bonchev–Trinajstić information content (AvgIpc) is 2.13. The first kappa shape index (κ1) is 11.3. The van der Waals surface area contributed by atoms with Crippen molar-refractivity contribution in [3.05, 3.63) is 33.3 Å². The third-order valence-corrected chi connectivity index (χ3v) is 2.82. The number of carboxylic acids is 1. The van der Waals surface area contributed by atoms with Crippen LogP contribution in [0.15, 0.2) is 12.1 Å². The van der Waals surface area contributed by atoms with Gasteiger partial charge in [-0.15, -0.1) is 0 Å². The number of halogens is 2. The number of hydrogen-bond acceptors (Lipinski definition) is 2. The Labute approximate surface area is 90.9 Å². The molecule has 14 heavy (non-hydrogen) atoms. The lowest BCUT2D eigenvalue weighted by atomic mass is 10.1. The Kier molecular flexibility index (Phi) is 3.37. The molecule has 1 rings (SSSR count). The molecule has 0 radical (unpaired) electrons. The van der Waals surface area contributed by atoms with Crippen LogP contribution in [0, 0.1) is 6.92 Å². The topological polar surface area (TPSA) is 57.5 Å². The fourth-order valence-electron chi connectivity index (χ4n) is 1.01. The fraction of sp³-hybridized carbons (Fsp3) is 0.222. The SMILES string of the molecule is Cc1ccc(C(O)C(=O)O)c(Cl)c1Cl. The summed E-state index contributed by atoms with van der Waals surface area (Å²) in [6.45, 7) is 1.74. The van der Waals surface area contributed by atoms with E-state index in [4.69, 9.17) is 28.3 Å². The lowest BCUT2D eigenvalue weighted by molar-refractivity contribution is -0.146. The van der Waals surface area contributed by atoms with Crippen LogP contribution in [-0.4, -0.2) is 16.2 Å². The van der Waals surface area contributed by atoms with E-state index in [2.05, 4.69) is 0 Å². The number of rotatable bonds is 2. The Morgan fingerprint density at radius 1 is 1.36 bits per heavy atom. The zero-order valence-electron chi connectivity index (χ0n) is 7.29. The second-order valence-electron chi connectivity index (χ2n) is 2.84. The molecule has 1 aromatic rings. The van der Waals surface area contributed by atoms with Gasteiger partial charge in [0.2, 0.25) is 0 Å². The van der Waals surface area contributed by atoms with Crippen LogP contribution >= 0.6 is 23.2 Å². The first-order valence-electron chi connectivity index (χ1n) is 3.80. The van der Waals surface area contributed by atoms with Crippen LogP contribution in [0.1, 0.15) is 17.2 Å². The molecule has 0 spiro atoms. The molecule has 1 aromatic carbocycles. The molecule has 2 N–H and O–H groups in total. The van der Waals surface area contributed by atoms with Gasteiger partial charge in [0.15, 0.2) is 6.10 Å². The molecule has 0 saturated carbocycles. The highest BCUT2D eigenvalue weighted by atomic mass is 35.5. The molecule has 0 saturated heterocycles. The Morgan fingerprint density at radius 2 is 1.93 bits per heavy atom. The number of aliphatic carboxylic acids is 1. The minimum Gasteiger partial charge on any atom is -0.479 e. The van der Waals surface area contributed by atoms with E-state index in [1.54, 1.807) is 13.0 Å². The summed E-state index contributed by atoms with van der Waals surface area (Å²) in [7, 11) is 0. The van der Waals surface area contributed by atoms with Gasteiger partial charge in [-0.3, -0.25) is 0 Å². The van der Waals surface area contributed by atoms with Crippen molar-refractivity contribution in [2.24, 2.45) is 0 Å². The molecule has 1 atom stereocenters. The number of carbonyl (C=O) groups is 1. The third-order valence-electron chi connectivity index (χ3n) is 1.83. The largest absolute Gasteiger partial charge is 0.479 e. The van der Waals surface area contributed by atoms with Crippen molar-refractivity contribution in [1.82, 2.24) is 0 Å². The summed E-state index contributed by atoms with van der Waals surface area (Å²) in [4.78, 5) is 10.5. The smallest absolute Gasteiger partial charge is 0.337 e. The number of hydrogen-bond donors (Lipinski definition) is 2. The highest BCUT2D eigenvalue weighted by molar-refractivity contribution is 6.43. The monoisotopic (exact) mass is 234 g/mol. The standard InChI is InChI=1S/C9H8Cl2O3/c1-4-2-3-5(7(11)6(4)10)8(12)9(13)14/h2-3,8,12H,1H3,(H,13,14). The van der Waals surface area contributed by atoms with E-state index in [-0.39, 0.29) is 15.6 Å². The maximum Gasteiger partial charge on any atom is 0.337 e. The molecule has 1 unspecified atom stereocenters. The average molecular weight is 235 g/mol. The van der Waals surface area contributed by atoms with Crippen LogP contribution in [0.2, 0.25) is 10.0 Å². The van der Waals surface area contributed by atoms with Crippen LogP contribution in [0.5, 0.6) is 0 Å². The summed E-state index contributed by atoms with van der Waals surface area (Å²) in [6.07, 6.45) is -1.64. The minimum absolute atomic E-state index is 0.0848. The number of aryl methyl sites for hydroxylation is 1.